The summed E-state index contributed by atoms with van der Waals surface area (Å²) < 4.78 is 0. The van der Waals surface area contributed by atoms with E-state index < -0.39 is 0 Å². The fourth-order valence-corrected chi connectivity index (χ4v) is 3.50. The van der Waals surface area contributed by atoms with Crippen molar-refractivity contribution in [2.24, 2.45) is 0 Å². The van der Waals surface area contributed by atoms with E-state index in [9.17, 15) is 9.59 Å². The molecule has 0 fully saturated rings. The second kappa shape index (κ2) is 9.31. The molecular weight excluding hydrogens is 350 g/mol. The molecule has 0 spiro atoms. The van der Waals surface area contributed by atoms with Crippen LogP contribution in [0.3, 0.4) is 0 Å². The van der Waals surface area contributed by atoms with Crippen LogP contribution >= 0.6 is 0 Å². The maximum absolute atomic E-state index is 12.6. The first-order chi connectivity index (χ1) is 13.5. The van der Waals surface area contributed by atoms with Gasteiger partial charge in [-0.05, 0) is 81.3 Å². The standard InChI is InChI=1S/C23H27N3O2/c1-16-12-17(2)14-20(13-16)26-22(27)19-9-11-24-21(15-19)23(28)25-10-8-18-6-4-3-5-7-18/h6,9,11-15H,3-5,7-8,10H2,1-2H3,(H,25,28)(H,26,27). The number of hydrogen-bond acceptors (Lipinski definition) is 3. The fourth-order valence-electron chi connectivity index (χ4n) is 3.50. The van der Waals surface area contributed by atoms with Gasteiger partial charge in [-0.25, -0.2) is 0 Å². The van der Waals surface area contributed by atoms with Gasteiger partial charge in [-0.2, -0.15) is 0 Å². The molecule has 2 N–H and O–H groups in total. The molecule has 0 aliphatic heterocycles. The Labute approximate surface area is 166 Å². The smallest absolute Gasteiger partial charge is 0.269 e. The zero-order valence-corrected chi connectivity index (χ0v) is 16.5. The summed E-state index contributed by atoms with van der Waals surface area (Å²) in [4.78, 5) is 29.1. The van der Waals surface area contributed by atoms with E-state index in [4.69, 9.17) is 0 Å². The molecule has 3 rings (SSSR count). The molecule has 1 heterocycles. The van der Waals surface area contributed by atoms with Gasteiger partial charge in [0.2, 0.25) is 0 Å². The van der Waals surface area contributed by atoms with Crippen LogP contribution < -0.4 is 10.6 Å². The number of carbonyl (C=O) groups excluding carboxylic acids is 2. The van der Waals surface area contributed by atoms with Crippen molar-refractivity contribution in [2.45, 2.75) is 46.0 Å². The van der Waals surface area contributed by atoms with Gasteiger partial charge in [0.25, 0.3) is 11.8 Å². The predicted octanol–water partition coefficient (Wildman–Crippen LogP) is 4.57. The highest BCUT2D eigenvalue weighted by Gasteiger charge is 2.13. The summed E-state index contributed by atoms with van der Waals surface area (Å²) in [7, 11) is 0. The van der Waals surface area contributed by atoms with E-state index in [1.807, 2.05) is 32.0 Å². The van der Waals surface area contributed by atoms with Crippen LogP contribution in [-0.2, 0) is 0 Å². The first-order valence-corrected chi connectivity index (χ1v) is 9.83. The minimum Gasteiger partial charge on any atom is -0.350 e. The van der Waals surface area contributed by atoms with Crippen molar-refractivity contribution in [1.82, 2.24) is 10.3 Å². The molecule has 5 nitrogen and oxygen atoms in total. The van der Waals surface area contributed by atoms with Gasteiger partial charge in [0.15, 0.2) is 0 Å². The summed E-state index contributed by atoms with van der Waals surface area (Å²) in [5.74, 6) is -0.508. The summed E-state index contributed by atoms with van der Waals surface area (Å²) in [6.45, 7) is 4.56. The lowest BCUT2D eigenvalue weighted by Crippen LogP contribution is -2.26. The number of amides is 2. The van der Waals surface area contributed by atoms with Gasteiger partial charge in [0.05, 0.1) is 0 Å². The number of hydrogen-bond donors (Lipinski definition) is 2. The van der Waals surface area contributed by atoms with Crippen molar-refractivity contribution in [3.63, 3.8) is 0 Å². The maximum Gasteiger partial charge on any atom is 0.269 e. The van der Waals surface area contributed by atoms with Crippen LogP contribution in [0.25, 0.3) is 0 Å². The van der Waals surface area contributed by atoms with Crippen LogP contribution in [0.15, 0.2) is 48.2 Å². The van der Waals surface area contributed by atoms with Crippen LogP contribution in [0, 0.1) is 13.8 Å². The molecule has 1 aliphatic rings. The summed E-state index contributed by atoms with van der Waals surface area (Å²) in [6, 6.07) is 9.03. The van der Waals surface area contributed by atoms with Gasteiger partial charge in [0.1, 0.15) is 5.69 Å². The van der Waals surface area contributed by atoms with E-state index >= 15 is 0 Å². The van der Waals surface area contributed by atoms with E-state index in [1.165, 1.54) is 30.7 Å². The van der Waals surface area contributed by atoms with E-state index in [1.54, 1.807) is 6.07 Å². The highest BCUT2D eigenvalue weighted by Crippen LogP contribution is 2.19. The Morgan fingerprint density at radius 2 is 1.82 bits per heavy atom. The third-order valence-electron chi connectivity index (χ3n) is 4.85. The number of aromatic nitrogens is 1. The minimum absolute atomic E-state index is 0.252. The van der Waals surface area contributed by atoms with E-state index in [0.717, 1.165) is 36.1 Å². The Morgan fingerprint density at radius 3 is 2.54 bits per heavy atom. The first-order valence-electron chi connectivity index (χ1n) is 9.83. The summed E-state index contributed by atoms with van der Waals surface area (Å²) >= 11 is 0. The van der Waals surface area contributed by atoms with Crippen LogP contribution in [-0.4, -0.2) is 23.3 Å². The van der Waals surface area contributed by atoms with Gasteiger partial charge in [-0.1, -0.05) is 17.7 Å². The number of nitrogens with one attached hydrogen (secondary N) is 2. The Morgan fingerprint density at radius 1 is 1.04 bits per heavy atom. The maximum atomic E-state index is 12.6. The monoisotopic (exact) mass is 377 g/mol. The molecule has 0 radical (unpaired) electrons. The Bertz CT molecular complexity index is 882. The summed E-state index contributed by atoms with van der Waals surface area (Å²) in [6.07, 6.45) is 9.42. The third kappa shape index (κ3) is 5.52. The van der Waals surface area contributed by atoms with E-state index in [2.05, 4.69) is 21.7 Å². The number of aryl methyl sites for hydroxylation is 2. The van der Waals surface area contributed by atoms with Gasteiger partial charge in [-0.3, -0.25) is 14.6 Å². The number of rotatable bonds is 6. The van der Waals surface area contributed by atoms with Gasteiger partial charge in [0, 0.05) is 24.0 Å². The van der Waals surface area contributed by atoms with Crippen molar-refractivity contribution in [3.8, 4) is 0 Å². The molecule has 0 saturated carbocycles. The largest absolute Gasteiger partial charge is 0.350 e. The Hall–Kier alpha value is -2.95. The molecule has 2 amide bonds. The number of nitrogens with zero attached hydrogens (tertiary/aromatic N) is 1. The van der Waals surface area contributed by atoms with E-state index in [-0.39, 0.29) is 17.5 Å². The number of anilines is 1. The molecule has 1 aliphatic carbocycles. The zero-order valence-electron chi connectivity index (χ0n) is 16.5. The minimum atomic E-state index is -0.256. The predicted molar refractivity (Wildman–Crippen MR) is 112 cm³/mol. The van der Waals surface area contributed by atoms with Crippen molar-refractivity contribution in [3.05, 3.63) is 70.6 Å². The molecule has 28 heavy (non-hydrogen) atoms. The Kier molecular flexibility index (Phi) is 6.58. The van der Waals surface area contributed by atoms with Gasteiger partial charge in [-0.15, -0.1) is 0 Å². The van der Waals surface area contributed by atoms with Crippen molar-refractivity contribution in [2.75, 3.05) is 11.9 Å². The molecule has 0 unspecified atom stereocenters. The van der Waals surface area contributed by atoms with Crippen LogP contribution in [0.1, 0.15) is 64.1 Å². The first kappa shape index (κ1) is 19.8. The highest BCUT2D eigenvalue weighted by atomic mass is 16.2. The van der Waals surface area contributed by atoms with Crippen molar-refractivity contribution < 1.29 is 9.59 Å². The normalized spacial score (nSPS) is 13.6. The molecule has 2 aromatic rings. The van der Waals surface area contributed by atoms with Gasteiger partial charge >= 0.3 is 0 Å². The number of carbonyl (C=O) groups is 2. The lowest BCUT2D eigenvalue weighted by molar-refractivity contribution is 0.0949. The molecule has 1 aromatic heterocycles. The third-order valence-corrected chi connectivity index (χ3v) is 4.85. The fraction of sp³-hybridized carbons (Fsp3) is 0.348. The molecule has 5 heteroatoms. The highest BCUT2D eigenvalue weighted by molar-refractivity contribution is 6.05. The van der Waals surface area contributed by atoms with Crippen LogP contribution in [0.2, 0.25) is 0 Å². The zero-order chi connectivity index (χ0) is 19.9. The lowest BCUT2D eigenvalue weighted by Gasteiger charge is -2.13. The number of pyridine rings is 1. The molecule has 1 aromatic carbocycles. The molecule has 0 bridgehead atoms. The molecule has 0 saturated heterocycles. The summed E-state index contributed by atoms with van der Waals surface area (Å²) in [5, 5.41) is 5.79. The van der Waals surface area contributed by atoms with Gasteiger partial charge < -0.3 is 10.6 Å². The topological polar surface area (TPSA) is 71.1 Å². The van der Waals surface area contributed by atoms with Crippen molar-refractivity contribution >= 4 is 17.5 Å². The second-order valence-corrected chi connectivity index (χ2v) is 7.37. The average Bonchev–Trinajstić information content (AvgIpc) is 2.68. The molecule has 0 atom stereocenters. The number of allylic oxidation sites excluding steroid dienone is 1. The quantitative estimate of drug-likeness (QED) is 0.724. The van der Waals surface area contributed by atoms with E-state index in [0.29, 0.717) is 12.1 Å². The average molecular weight is 377 g/mol. The molecular formula is C23H27N3O2. The van der Waals surface area contributed by atoms with Crippen LogP contribution in [0.5, 0.6) is 0 Å². The number of benzene rings is 1. The van der Waals surface area contributed by atoms with Crippen molar-refractivity contribution in [1.29, 1.82) is 0 Å². The lowest BCUT2D eigenvalue weighted by atomic mass is 9.97. The second-order valence-electron chi connectivity index (χ2n) is 7.37. The summed E-state index contributed by atoms with van der Waals surface area (Å²) in [5.41, 5.74) is 4.99. The van der Waals surface area contributed by atoms with Crippen LogP contribution in [0.4, 0.5) is 5.69 Å². The SMILES string of the molecule is Cc1cc(C)cc(NC(=O)c2ccnc(C(=O)NCCC3=CCCCC3)c2)c1. The molecule has 146 valence electrons. The Balaban J connectivity index is 1.59.